The van der Waals surface area contributed by atoms with Gasteiger partial charge in [-0.2, -0.15) is 13.2 Å². The van der Waals surface area contributed by atoms with Crippen LogP contribution >= 0.6 is 11.3 Å². The topological polar surface area (TPSA) is 142 Å². The van der Waals surface area contributed by atoms with E-state index in [1.54, 1.807) is 11.5 Å². The number of carboxylic acids is 1. The number of halogens is 3. The van der Waals surface area contributed by atoms with Gasteiger partial charge in [0.05, 0.1) is 5.39 Å². The average molecular weight is 630 g/mol. The van der Waals surface area contributed by atoms with Gasteiger partial charge >= 0.3 is 18.2 Å². The first kappa shape index (κ1) is 31.1. The predicted octanol–water partition coefficient (Wildman–Crippen LogP) is 5.49. The van der Waals surface area contributed by atoms with Gasteiger partial charge < -0.3 is 15.0 Å². The molecule has 5 heterocycles. The molecule has 5 rings (SSSR count). The molecule has 0 unspecified atom stereocenters. The number of hydrogen-bond donors (Lipinski definition) is 3. The molecule has 1 fully saturated rings. The summed E-state index contributed by atoms with van der Waals surface area (Å²) in [6, 6.07) is 2.47. The molecule has 4 aromatic heterocycles. The number of likely N-dealkylation sites (tertiary alicyclic amines) is 1. The quantitative estimate of drug-likeness (QED) is 0.244. The van der Waals surface area contributed by atoms with Gasteiger partial charge in [0.2, 0.25) is 5.43 Å². The molecule has 3 N–H and O–H groups in total. The second-order valence-electron chi connectivity index (χ2n) is 10.7. The second-order valence-corrected chi connectivity index (χ2v) is 11.6. The van der Waals surface area contributed by atoms with Crippen LogP contribution in [0.5, 0.6) is 0 Å². The van der Waals surface area contributed by atoms with E-state index < -0.39 is 34.9 Å². The van der Waals surface area contributed by atoms with Gasteiger partial charge in [-0.05, 0) is 52.3 Å². The molecule has 0 spiro atoms. The fourth-order valence-corrected chi connectivity index (χ4v) is 6.13. The molecule has 0 bridgehead atoms. The highest BCUT2D eigenvalue weighted by Crippen LogP contribution is 2.39. The lowest BCUT2D eigenvalue weighted by atomic mass is 10.0. The van der Waals surface area contributed by atoms with Gasteiger partial charge in [0.15, 0.2) is 5.69 Å². The summed E-state index contributed by atoms with van der Waals surface area (Å²) >= 11 is 0.757. The molecule has 1 aliphatic heterocycles. The summed E-state index contributed by atoms with van der Waals surface area (Å²) in [7, 11) is 0. The van der Waals surface area contributed by atoms with Crippen molar-refractivity contribution in [2.45, 2.75) is 51.9 Å². The molecular weight excluding hydrogens is 599 g/mol. The Morgan fingerprint density at radius 2 is 1.95 bits per heavy atom. The average Bonchev–Trinajstić information content (AvgIpc) is 3.49. The maximum absolute atomic E-state index is 13.4. The number of carbonyl (C=O) groups excluding carboxylic acids is 1. The summed E-state index contributed by atoms with van der Waals surface area (Å²) in [5.74, 6) is -1.31. The van der Waals surface area contributed by atoms with Gasteiger partial charge in [0, 0.05) is 65.8 Å². The van der Waals surface area contributed by atoms with Crippen LogP contribution in [0.2, 0.25) is 0 Å². The van der Waals surface area contributed by atoms with Crippen LogP contribution < -0.4 is 16.1 Å². The van der Waals surface area contributed by atoms with Crippen LogP contribution in [-0.4, -0.2) is 67.2 Å². The van der Waals surface area contributed by atoms with E-state index in [0.29, 0.717) is 29.9 Å². The third-order valence-electron chi connectivity index (χ3n) is 7.47. The summed E-state index contributed by atoms with van der Waals surface area (Å²) in [6.45, 7) is 7.79. The molecule has 232 valence electrons. The van der Waals surface area contributed by atoms with Crippen LogP contribution in [-0.2, 0) is 6.18 Å². The number of aromatic carboxylic acids is 1. The first-order valence-electron chi connectivity index (χ1n) is 14.0. The molecule has 0 saturated carbocycles. The summed E-state index contributed by atoms with van der Waals surface area (Å²) in [4.78, 5) is 52.6. The van der Waals surface area contributed by atoms with Gasteiger partial charge in [-0.1, -0.05) is 0 Å². The Hall–Kier alpha value is -4.37. The van der Waals surface area contributed by atoms with Crippen molar-refractivity contribution in [1.82, 2.24) is 29.7 Å². The number of hydrogen-bond acceptors (Lipinski definition) is 8. The molecular formula is C29H30F3N7O4S. The Labute approximate surface area is 253 Å². The van der Waals surface area contributed by atoms with Crippen molar-refractivity contribution in [3.8, 4) is 21.7 Å². The number of fused-ring (bicyclic) bond motifs is 1. The van der Waals surface area contributed by atoms with Crippen molar-refractivity contribution in [2.24, 2.45) is 0 Å². The normalized spacial score (nSPS) is 15.9. The number of rotatable bonds is 7. The molecule has 1 atom stereocenters. The van der Waals surface area contributed by atoms with Crippen LogP contribution in [0.1, 0.15) is 55.7 Å². The fourth-order valence-electron chi connectivity index (χ4n) is 5.27. The zero-order chi connectivity index (χ0) is 31.8. The summed E-state index contributed by atoms with van der Waals surface area (Å²) in [5, 5.41) is 15.9. The Morgan fingerprint density at radius 1 is 1.18 bits per heavy atom. The molecule has 44 heavy (non-hydrogen) atoms. The minimum Gasteiger partial charge on any atom is -0.477 e. The molecule has 2 amide bonds. The highest BCUT2D eigenvalue weighted by atomic mass is 32.1. The minimum absolute atomic E-state index is 0.00134. The summed E-state index contributed by atoms with van der Waals surface area (Å²) < 4.78 is 42.0. The van der Waals surface area contributed by atoms with Crippen LogP contribution in [0.15, 0.2) is 40.9 Å². The highest BCUT2D eigenvalue weighted by Gasteiger charge is 2.34. The number of alkyl halides is 3. The summed E-state index contributed by atoms with van der Waals surface area (Å²) in [5.41, 5.74) is -1.10. The smallest absolute Gasteiger partial charge is 0.434 e. The number of urea groups is 1. The maximum Gasteiger partial charge on any atom is 0.434 e. The van der Waals surface area contributed by atoms with Crippen molar-refractivity contribution in [3.05, 3.63) is 57.6 Å². The van der Waals surface area contributed by atoms with Crippen LogP contribution in [0.25, 0.3) is 32.7 Å². The van der Waals surface area contributed by atoms with Crippen molar-refractivity contribution >= 4 is 40.2 Å². The number of carboxylic acid groups (broad SMARTS) is 1. The number of amides is 2. The van der Waals surface area contributed by atoms with Crippen LogP contribution in [0.4, 0.5) is 23.8 Å². The number of thiazole rings is 1. The number of nitrogens with zero attached hydrogens (tertiary/aromatic N) is 5. The fraction of sp³-hybridized carbons (Fsp3) is 0.379. The molecule has 1 aliphatic rings. The number of carbonyl (C=O) groups is 2. The van der Waals surface area contributed by atoms with E-state index in [1.165, 1.54) is 30.7 Å². The predicted molar refractivity (Wildman–Crippen MR) is 160 cm³/mol. The number of pyridine rings is 3. The Morgan fingerprint density at radius 3 is 2.61 bits per heavy atom. The van der Waals surface area contributed by atoms with Crippen LogP contribution in [0.3, 0.4) is 0 Å². The largest absolute Gasteiger partial charge is 0.477 e. The molecule has 0 radical (unpaired) electrons. The van der Waals surface area contributed by atoms with Crippen molar-refractivity contribution in [1.29, 1.82) is 0 Å². The van der Waals surface area contributed by atoms with E-state index in [-0.39, 0.29) is 33.9 Å². The molecule has 0 aromatic carbocycles. The second kappa shape index (κ2) is 12.3. The van der Waals surface area contributed by atoms with Crippen molar-refractivity contribution < 1.29 is 27.9 Å². The number of aromatic nitrogens is 4. The van der Waals surface area contributed by atoms with E-state index >= 15 is 0 Å². The minimum atomic E-state index is -4.67. The molecule has 0 aliphatic carbocycles. The van der Waals surface area contributed by atoms with E-state index in [1.807, 2.05) is 0 Å². The van der Waals surface area contributed by atoms with Gasteiger partial charge in [-0.15, -0.1) is 11.3 Å². The molecule has 11 nitrogen and oxygen atoms in total. The summed E-state index contributed by atoms with van der Waals surface area (Å²) in [6.07, 6.45) is 1.14. The first-order valence-corrected chi connectivity index (χ1v) is 14.9. The van der Waals surface area contributed by atoms with E-state index in [9.17, 15) is 32.7 Å². The lowest BCUT2D eigenvalue weighted by molar-refractivity contribution is -0.140. The third-order valence-corrected chi connectivity index (χ3v) is 8.35. The molecule has 15 heteroatoms. The van der Waals surface area contributed by atoms with Gasteiger partial charge in [-0.25, -0.2) is 24.5 Å². The lowest BCUT2D eigenvalue weighted by Crippen LogP contribution is -2.41. The Kier molecular flexibility index (Phi) is 8.70. The van der Waals surface area contributed by atoms with E-state index in [0.717, 1.165) is 36.1 Å². The van der Waals surface area contributed by atoms with Gasteiger partial charge in [0.1, 0.15) is 22.0 Å². The van der Waals surface area contributed by atoms with Crippen molar-refractivity contribution in [2.75, 3.05) is 25.0 Å². The van der Waals surface area contributed by atoms with E-state index in [4.69, 9.17) is 0 Å². The zero-order valence-electron chi connectivity index (χ0n) is 24.1. The first-order chi connectivity index (χ1) is 20.9. The Balaban J connectivity index is 1.67. The number of anilines is 1. The standard InChI is InChI=1S/C29H30F3N7O4S/c1-4-33-28(43)37-23-9-18(26-36-22(14-44-26)29(30,31)32)20(11-34-23)16-8-19-24(40)21(27(41)42)13-39(25(19)35-10-16)17-6-5-7-38(12-17)15(2)3/h8-11,13-15,17H,4-7,12H2,1-3H3,(H,41,42)(H2,33,34,37,43)/t17-/m0/s1. The SMILES string of the molecule is CCNC(=O)Nc1cc(-c2nc(C(F)(F)F)cs2)c(-c2cnc3c(c2)c(=O)c(C(=O)O)cn3[C@H]2CCCN(C(C)C)C2)cn1. The number of piperidine rings is 1. The van der Waals surface area contributed by atoms with Crippen LogP contribution in [0, 0.1) is 0 Å². The van der Waals surface area contributed by atoms with Crippen molar-refractivity contribution in [3.63, 3.8) is 0 Å². The molecule has 4 aromatic rings. The molecule has 1 saturated heterocycles. The number of nitrogens with one attached hydrogen (secondary N) is 2. The maximum atomic E-state index is 13.4. The highest BCUT2D eigenvalue weighted by molar-refractivity contribution is 7.13. The van der Waals surface area contributed by atoms with E-state index in [2.05, 4.69) is 44.3 Å². The third kappa shape index (κ3) is 6.28. The lowest BCUT2D eigenvalue weighted by Gasteiger charge is -2.36. The zero-order valence-corrected chi connectivity index (χ0v) is 24.9. The monoisotopic (exact) mass is 629 g/mol. The Bertz CT molecular complexity index is 1790. The van der Waals surface area contributed by atoms with Gasteiger partial charge in [-0.3, -0.25) is 15.0 Å². The van der Waals surface area contributed by atoms with Gasteiger partial charge in [0.25, 0.3) is 0 Å².